The molecule has 0 atom stereocenters. The van der Waals surface area contributed by atoms with Gasteiger partial charge >= 0.3 is 0 Å². The Hall–Kier alpha value is -1.38. The molecule has 0 fully saturated rings. The van der Waals surface area contributed by atoms with E-state index < -0.39 is 0 Å². The first kappa shape index (κ1) is 6.34. The van der Waals surface area contributed by atoms with Crippen molar-refractivity contribution in [2.24, 2.45) is 0 Å². The van der Waals surface area contributed by atoms with Crippen LogP contribution < -0.4 is 0 Å². The number of hydrogen-bond acceptors (Lipinski definition) is 2. The van der Waals surface area contributed by atoms with E-state index in [1.54, 1.807) is 0 Å². The molecule has 0 saturated carbocycles. The van der Waals surface area contributed by atoms with Crippen molar-refractivity contribution in [3.63, 3.8) is 0 Å². The standard InChI is InChI=1S/C8H9N3/c1-5-3-9-4-7-6(2)10-11-8(5)7/h3-4H,1-2H3,(H,10,11). The Morgan fingerprint density at radius 2 is 2.09 bits per heavy atom. The third-order valence-electron chi connectivity index (χ3n) is 1.84. The molecule has 0 aliphatic rings. The van der Waals surface area contributed by atoms with Crippen molar-refractivity contribution in [3.8, 4) is 0 Å². The maximum atomic E-state index is 4.15. The number of hydrogen-bond donors (Lipinski definition) is 1. The number of aryl methyl sites for hydroxylation is 2. The topological polar surface area (TPSA) is 41.6 Å². The minimum atomic E-state index is 1.03. The predicted molar refractivity (Wildman–Crippen MR) is 43.4 cm³/mol. The number of nitrogens with zero attached hydrogens (tertiary/aromatic N) is 2. The van der Waals surface area contributed by atoms with Crippen LogP contribution in [0.2, 0.25) is 0 Å². The Morgan fingerprint density at radius 1 is 1.27 bits per heavy atom. The summed E-state index contributed by atoms with van der Waals surface area (Å²) in [4.78, 5) is 4.09. The lowest BCUT2D eigenvalue weighted by atomic mass is 10.2. The van der Waals surface area contributed by atoms with Crippen LogP contribution in [0.1, 0.15) is 11.3 Å². The molecule has 2 rings (SSSR count). The number of pyridine rings is 1. The quantitative estimate of drug-likeness (QED) is 0.614. The fraction of sp³-hybridized carbons (Fsp3) is 0.250. The molecule has 0 aliphatic carbocycles. The molecule has 2 heterocycles. The van der Waals surface area contributed by atoms with Crippen LogP contribution in [-0.4, -0.2) is 15.2 Å². The highest BCUT2D eigenvalue weighted by Gasteiger charge is 2.02. The molecule has 2 aromatic heterocycles. The molecule has 3 heteroatoms. The summed E-state index contributed by atoms with van der Waals surface area (Å²) in [6.07, 6.45) is 3.66. The van der Waals surface area contributed by atoms with Crippen molar-refractivity contribution in [2.45, 2.75) is 13.8 Å². The Morgan fingerprint density at radius 3 is 2.82 bits per heavy atom. The van der Waals surface area contributed by atoms with Crippen LogP contribution in [0.5, 0.6) is 0 Å². The second-order valence-corrected chi connectivity index (χ2v) is 2.70. The first-order valence-electron chi connectivity index (χ1n) is 3.54. The number of aromatic amines is 1. The van der Waals surface area contributed by atoms with Crippen LogP contribution >= 0.6 is 0 Å². The number of H-pyrrole nitrogens is 1. The van der Waals surface area contributed by atoms with E-state index >= 15 is 0 Å². The number of rotatable bonds is 0. The molecule has 0 aliphatic heterocycles. The predicted octanol–water partition coefficient (Wildman–Crippen LogP) is 1.57. The SMILES string of the molecule is Cc1[nH]nc2c(C)cncc12. The van der Waals surface area contributed by atoms with Gasteiger partial charge in [0.2, 0.25) is 0 Å². The molecule has 0 bridgehead atoms. The second-order valence-electron chi connectivity index (χ2n) is 2.70. The van der Waals surface area contributed by atoms with Crippen molar-refractivity contribution in [2.75, 3.05) is 0 Å². The van der Waals surface area contributed by atoms with Crippen LogP contribution in [0, 0.1) is 13.8 Å². The monoisotopic (exact) mass is 147 g/mol. The van der Waals surface area contributed by atoms with E-state index in [0.717, 1.165) is 22.2 Å². The first-order valence-corrected chi connectivity index (χ1v) is 3.54. The van der Waals surface area contributed by atoms with Gasteiger partial charge in [-0.3, -0.25) is 10.1 Å². The smallest absolute Gasteiger partial charge is 0.0983 e. The van der Waals surface area contributed by atoms with Gasteiger partial charge in [-0.05, 0) is 19.4 Å². The first-order chi connectivity index (χ1) is 5.29. The van der Waals surface area contributed by atoms with Gasteiger partial charge in [-0.15, -0.1) is 0 Å². The molecule has 56 valence electrons. The summed E-state index contributed by atoms with van der Waals surface area (Å²) in [5, 5.41) is 8.20. The van der Waals surface area contributed by atoms with Crippen LogP contribution in [0.3, 0.4) is 0 Å². The molecule has 0 spiro atoms. The summed E-state index contributed by atoms with van der Waals surface area (Å²) in [6.45, 7) is 4.01. The summed E-state index contributed by atoms with van der Waals surface area (Å²) in [5.41, 5.74) is 3.22. The fourth-order valence-electron chi connectivity index (χ4n) is 1.18. The minimum absolute atomic E-state index is 1.03. The molecule has 0 amide bonds. The van der Waals surface area contributed by atoms with Gasteiger partial charge in [-0.1, -0.05) is 0 Å². The highest BCUT2D eigenvalue weighted by molar-refractivity contribution is 5.82. The van der Waals surface area contributed by atoms with Crippen molar-refractivity contribution in [1.29, 1.82) is 0 Å². The average Bonchev–Trinajstić information content (AvgIpc) is 2.35. The molecular weight excluding hydrogens is 138 g/mol. The van der Waals surface area contributed by atoms with E-state index in [9.17, 15) is 0 Å². The van der Waals surface area contributed by atoms with Crippen LogP contribution in [-0.2, 0) is 0 Å². The van der Waals surface area contributed by atoms with Crippen molar-refractivity contribution < 1.29 is 0 Å². The van der Waals surface area contributed by atoms with Crippen LogP contribution in [0.25, 0.3) is 10.9 Å². The Kier molecular flexibility index (Phi) is 1.18. The van der Waals surface area contributed by atoms with E-state index in [4.69, 9.17) is 0 Å². The highest BCUT2D eigenvalue weighted by Crippen LogP contribution is 2.15. The van der Waals surface area contributed by atoms with Crippen molar-refractivity contribution in [3.05, 3.63) is 23.7 Å². The normalized spacial score (nSPS) is 10.7. The second kappa shape index (κ2) is 2.05. The molecule has 0 saturated heterocycles. The summed E-state index contributed by atoms with van der Waals surface area (Å²) in [7, 11) is 0. The van der Waals surface area contributed by atoms with E-state index in [0.29, 0.717) is 0 Å². The molecule has 1 N–H and O–H groups in total. The van der Waals surface area contributed by atoms with Gasteiger partial charge < -0.3 is 0 Å². The maximum Gasteiger partial charge on any atom is 0.0983 e. The van der Waals surface area contributed by atoms with E-state index in [2.05, 4.69) is 15.2 Å². The van der Waals surface area contributed by atoms with Crippen molar-refractivity contribution in [1.82, 2.24) is 15.2 Å². The van der Waals surface area contributed by atoms with E-state index in [-0.39, 0.29) is 0 Å². The van der Waals surface area contributed by atoms with Crippen LogP contribution in [0.15, 0.2) is 12.4 Å². The molecule has 3 nitrogen and oxygen atoms in total. The molecule has 0 aromatic carbocycles. The Bertz CT molecular complexity index is 389. The summed E-state index contributed by atoms with van der Waals surface area (Å²) in [5.74, 6) is 0. The largest absolute Gasteiger partial charge is 0.282 e. The Balaban J connectivity index is 2.94. The van der Waals surface area contributed by atoms with Gasteiger partial charge in [0.15, 0.2) is 0 Å². The highest BCUT2D eigenvalue weighted by atomic mass is 15.1. The third kappa shape index (κ3) is 0.808. The lowest BCUT2D eigenvalue weighted by Gasteiger charge is -1.90. The molecule has 11 heavy (non-hydrogen) atoms. The number of nitrogens with one attached hydrogen (secondary N) is 1. The zero-order valence-electron chi connectivity index (χ0n) is 6.55. The van der Waals surface area contributed by atoms with E-state index in [1.165, 1.54) is 0 Å². The van der Waals surface area contributed by atoms with Gasteiger partial charge in [0.05, 0.1) is 5.52 Å². The van der Waals surface area contributed by atoms with Gasteiger partial charge in [-0.25, -0.2) is 0 Å². The number of aromatic nitrogens is 3. The van der Waals surface area contributed by atoms with E-state index in [1.807, 2.05) is 26.2 Å². The molecule has 0 unspecified atom stereocenters. The van der Waals surface area contributed by atoms with Gasteiger partial charge in [0, 0.05) is 23.5 Å². The zero-order valence-corrected chi connectivity index (χ0v) is 6.55. The maximum absolute atomic E-state index is 4.15. The third-order valence-corrected chi connectivity index (χ3v) is 1.84. The lowest BCUT2D eigenvalue weighted by molar-refractivity contribution is 1.06. The summed E-state index contributed by atoms with van der Waals surface area (Å²) in [6, 6.07) is 0. The molecule has 2 aromatic rings. The minimum Gasteiger partial charge on any atom is -0.282 e. The van der Waals surface area contributed by atoms with Gasteiger partial charge in [0.1, 0.15) is 0 Å². The van der Waals surface area contributed by atoms with Gasteiger partial charge in [-0.2, -0.15) is 5.10 Å². The lowest BCUT2D eigenvalue weighted by Crippen LogP contribution is -1.78. The summed E-state index contributed by atoms with van der Waals surface area (Å²) < 4.78 is 0. The molecular formula is C8H9N3. The van der Waals surface area contributed by atoms with Crippen LogP contribution in [0.4, 0.5) is 0 Å². The summed E-state index contributed by atoms with van der Waals surface area (Å²) >= 11 is 0. The average molecular weight is 147 g/mol. The Labute approximate surface area is 64.5 Å². The number of fused-ring (bicyclic) bond motifs is 1. The molecule has 0 radical (unpaired) electrons. The van der Waals surface area contributed by atoms with Gasteiger partial charge in [0.25, 0.3) is 0 Å². The fourth-order valence-corrected chi connectivity index (χ4v) is 1.18. The zero-order chi connectivity index (χ0) is 7.84. The van der Waals surface area contributed by atoms with Crippen molar-refractivity contribution >= 4 is 10.9 Å².